The third-order valence-electron chi connectivity index (χ3n) is 4.28. The van der Waals surface area contributed by atoms with Crippen LogP contribution in [-0.4, -0.2) is 21.4 Å². The Kier molecular flexibility index (Phi) is 5.42. The van der Waals surface area contributed by atoms with Crippen molar-refractivity contribution in [3.63, 3.8) is 0 Å². The standard InChI is InChI=1S/C20H23N3O4S/c1-12-14(18(21)24)8-16(23(12)9-13-6-5-7-26-13)15-11-28-17(22-15)10-27-19(25)20(2,3)4/h5-8,11H,9-10H2,1-4H3,(H2,21,24). The highest BCUT2D eigenvalue weighted by atomic mass is 32.1. The van der Waals surface area contributed by atoms with Gasteiger partial charge in [-0.15, -0.1) is 11.3 Å². The molecule has 3 aromatic heterocycles. The summed E-state index contributed by atoms with van der Waals surface area (Å²) in [7, 11) is 0. The lowest BCUT2D eigenvalue weighted by molar-refractivity contribution is -0.154. The number of hydrogen-bond acceptors (Lipinski definition) is 6. The number of esters is 1. The van der Waals surface area contributed by atoms with Crippen LogP contribution >= 0.6 is 11.3 Å². The highest BCUT2D eigenvalue weighted by Crippen LogP contribution is 2.29. The molecule has 0 saturated heterocycles. The quantitative estimate of drug-likeness (QED) is 0.634. The number of nitrogens with two attached hydrogens (primary N) is 1. The topological polar surface area (TPSA) is 100 Å². The van der Waals surface area contributed by atoms with Crippen molar-refractivity contribution in [3.8, 4) is 11.4 Å². The number of nitrogens with zero attached hydrogens (tertiary/aromatic N) is 2. The summed E-state index contributed by atoms with van der Waals surface area (Å²) in [5.74, 6) is -0.0191. The Balaban J connectivity index is 1.89. The zero-order valence-corrected chi connectivity index (χ0v) is 17.1. The van der Waals surface area contributed by atoms with Crippen molar-refractivity contribution in [3.05, 3.63) is 51.9 Å². The van der Waals surface area contributed by atoms with E-state index < -0.39 is 11.3 Å². The average Bonchev–Trinajstić information content (AvgIpc) is 3.34. The first-order valence-electron chi connectivity index (χ1n) is 8.81. The number of primary amides is 1. The summed E-state index contributed by atoms with van der Waals surface area (Å²) < 4.78 is 12.7. The number of carbonyl (C=O) groups excluding carboxylic acids is 2. The molecule has 2 N–H and O–H groups in total. The maximum absolute atomic E-state index is 12.0. The van der Waals surface area contributed by atoms with Crippen LogP contribution in [0.15, 0.2) is 34.3 Å². The van der Waals surface area contributed by atoms with Crippen LogP contribution in [0.4, 0.5) is 0 Å². The summed E-state index contributed by atoms with van der Waals surface area (Å²) in [6, 6.07) is 5.42. The molecule has 3 aromatic rings. The van der Waals surface area contributed by atoms with Gasteiger partial charge < -0.3 is 19.5 Å². The van der Waals surface area contributed by atoms with E-state index in [1.165, 1.54) is 11.3 Å². The zero-order chi connectivity index (χ0) is 20.5. The van der Waals surface area contributed by atoms with Crippen LogP contribution in [0.2, 0.25) is 0 Å². The summed E-state index contributed by atoms with van der Waals surface area (Å²) >= 11 is 1.40. The van der Waals surface area contributed by atoms with Gasteiger partial charge in [-0.25, -0.2) is 4.98 Å². The van der Waals surface area contributed by atoms with Crippen molar-refractivity contribution < 1.29 is 18.7 Å². The fourth-order valence-corrected chi connectivity index (χ4v) is 3.41. The summed E-state index contributed by atoms with van der Waals surface area (Å²) in [4.78, 5) is 28.3. The number of aromatic nitrogens is 2. The first kappa shape index (κ1) is 19.9. The van der Waals surface area contributed by atoms with E-state index in [1.807, 2.05) is 29.0 Å². The Labute approximate surface area is 167 Å². The molecule has 0 saturated carbocycles. The molecule has 3 heterocycles. The van der Waals surface area contributed by atoms with Crippen molar-refractivity contribution in [2.24, 2.45) is 11.1 Å². The van der Waals surface area contributed by atoms with E-state index in [4.69, 9.17) is 14.9 Å². The van der Waals surface area contributed by atoms with Crippen LogP contribution in [0, 0.1) is 12.3 Å². The smallest absolute Gasteiger partial charge is 0.311 e. The molecule has 0 bridgehead atoms. The molecule has 7 nitrogen and oxygen atoms in total. The van der Waals surface area contributed by atoms with Crippen LogP contribution in [0.5, 0.6) is 0 Å². The van der Waals surface area contributed by atoms with E-state index in [0.717, 1.165) is 17.1 Å². The van der Waals surface area contributed by atoms with E-state index in [1.54, 1.807) is 33.1 Å². The van der Waals surface area contributed by atoms with Gasteiger partial charge in [0.25, 0.3) is 5.91 Å². The van der Waals surface area contributed by atoms with Gasteiger partial charge in [0, 0.05) is 11.1 Å². The van der Waals surface area contributed by atoms with E-state index in [0.29, 0.717) is 22.8 Å². The number of hydrogen-bond donors (Lipinski definition) is 1. The molecule has 0 atom stereocenters. The maximum Gasteiger partial charge on any atom is 0.311 e. The van der Waals surface area contributed by atoms with Gasteiger partial charge in [0.15, 0.2) is 0 Å². The van der Waals surface area contributed by atoms with E-state index in [2.05, 4.69) is 4.98 Å². The van der Waals surface area contributed by atoms with Gasteiger partial charge in [-0.05, 0) is 45.9 Å². The molecule has 3 rings (SSSR count). The molecule has 0 fully saturated rings. The highest BCUT2D eigenvalue weighted by Gasteiger charge is 2.24. The fraction of sp³-hybridized carbons (Fsp3) is 0.350. The Morgan fingerprint density at radius 1 is 1.36 bits per heavy atom. The second kappa shape index (κ2) is 7.63. The minimum atomic E-state index is -0.564. The lowest BCUT2D eigenvalue weighted by Gasteiger charge is -2.15. The predicted molar refractivity (Wildman–Crippen MR) is 106 cm³/mol. The van der Waals surface area contributed by atoms with Crippen molar-refractivity contribution >= 4 is 23.2 Å². The number of rotatable bonds is 6. The molecule has 0 radical (unpaired) electrons. The number of amides is 1. The molecule has 148 valence electrons. The number of ether oxygens (including phenoxy) is 1. The Morgan fingerprint density at radius 2 is 2.11 bits per heavy atom. The molecule has 0 aliphatic heterocycles. The Morgan fingerprint density at radius 3 is 2.71 bits per heavy atom. The molecule has 1 amide bonds. The molecule has 28 heavy (non-hydrogen) atoms. The lowest BCUT2D eigenvalue weighted by atomic mass is 9.97. The molecule has 0 aliphatic carbocycles. The van der Waals surface area contributed by atoms with Gasteiger partial charge in [-0.2, -0.15) is 0 Å². The number of thiazole rings is 1. The van der Waals surface area contributed by atoms with Gasteiger partial charge in [-0.3, -0.25) is 9.59 Å². The zero-order valence-electron chi connectivity index (χ0n) is 16.3. The largest absolute Gasteiger partial charge is 0.467 e. The van der Waals surface area contributed by atoms with Gasteiger partial charge in [0.2, 0.25) is 0 Å². The number of carbonyl (C=O) groups is 2. The maximum atomic E-state index is 12.0. The van der Waals surface area contributed by atoms with Crippen LogP contribution in [0.1, 0.15) is 47.6 Å². The van der Waals surface area contributed by atoms with Gasteiger partial charge in [0.05, 0.1) is 35.2 Å². The third kappa shape index (κ3) is 4.17. The molecule has 0 aromatic carbocycles. The van der Waals surface area contributed by atoms with Crippen molar-refractivity contribution in [2.45, 2.75) is 40.8 Å². The molecule has 0 unspecified atom stereocenters. The average molecular weight is 401 g/mol. The molecular weight excluding hydrogens is 378 g/mol. The van der Waals surface area contributed by atoms with Crippen LogP contribution in [-0.2, 0) is 22.7 Å². The predicted octanol–water partition coefficient (Wildman–Crippen LogP) is 3.75. The van der Waals surface area contributed by atoms with Gasteiger partial charge in [0.1, 0.15) is 17.4 Å². The minimum absolute atomic E-state index is 0.112. The van der Waals surface area contributed by atoms with Gasteiger partial charge in [-0.1, -0.05) is 0 Å². The van der Waals surface area contributed by atoms with Crippen LogP contribution in [0.25, 0.3) is 11.4 Å². The van der Waals surface area contributed by atoms with E-state index >= 15 is 0 Å². The summed E-state index contributed by atoms with van der Waals surface area (Å²) in [5, 5.41) is 2.55. The monoisotopic (exact) mass is 401 g/mol. The summed E-state index contributed by atoms with van der Waals surface area (Å²) in [6.07, 6.45) is 1.60. The van der Waals surface area contributed by atoms with E-state index in [-0.39, 0.29) is 12.6 Å². The molecule has 0 aliphatic rings. The lowest BCUT2D eigenvalue weighted by Crippen LogP contribution is -2.22. The second-order valence-corrected chi connectivity index (χ2v) is 8.45. The number of furan rings is 1. The summed E-state index contributed by atoms with van der Waals surface area (Å²) in [6.45, 7) is 7.81. The SMILES string of the molecule is Cc1c(C(N)=O)cc(-c2csc(COC(=O)C(C)(C)C)n2)n1Cc1ccco1. The van der Waals surface area contributed by atoms with Crippen molar-refractivity contribution in [1.82, 2.24) is 9.55 Å². The first-order valence-corrected chi connectivity index (χ1v) is 9.69. The summed E-state index contributed by atoms with van der Waals surface area (Å²) in [5.41, 5.74) is 7.59. The van der Waals surface area contributed by atoms with E-state index in [9.17, 15) is 9.59 Å². The molecule has 0 spiro atoms. The first-order chi connectivity index (χ1) is 13.2. The van der Waals surface area contributed by atoms with Crippen LogP contribution in [0.3, 0.4) is 0 Å². The highest BCUT2D eigenvalue weighted by molar-refractivity contribution is 7.09. The Bertz CT molecular complexity index is 993. The second-order valence-electron chi connectivity index (χ2n) is 7.51. The Hall–Kier alpha value is -2.87. The van der Waals surface area contributed by atoms with Gasteiger partial charge >= 0.3 is 5.97 Å². The molecular formula is C20H23N3O4S. The fourth-order valence-electron chi connectivity index (χ4n) is 2.71. The normalized spacial score (nSPS) is 11.6. The van der Waals surface area contributed by atoms with Crippen LogP contribution < -0.4 is 5.73 Å². The molecule has 8 heteroatoms. The van der Waals surface area contributed by atoms with Crippen molar-refractivity contribution in [1.29, 1.82) is 0 Å². The minimum Gasteiger partial charge on any atom is -0.467 e. The van der Waals surface area contributed by atoms with Crippen molar-refractivity contribution in [2.75, 3.05) is 0 Å². The third-order valence-corrected chi connectivity index (χ3v) is 5.10.